The molecule has 1 aromatic carbocycles. The van der Waals surface area contributed by atoms with Gasteiger partial charge in [0.2, 0.25) is 0 Å². The van der Waals surface area contributed by atoms with Gasteiger partial charge in [-0.3, -0.25) is 4.79 Å². The van der Waals surface area contributed by atoms with Crippen molar-refractivity contribution in [3.05, 3.63) is 42.0 Å². The highest BCUT2D eigenvalue weighted by Crippen LogP contribution is 2.09. The Labute approximate surface area is 121 Å². The van der Waals surface area contributed by atoms with Gasteiger partial charge in [-0.05, 0) is 37.6 Å². The van der Waals surface area contributed by atoms with Crippen molar-refractivity contribution in [1.29, 1.82) is 0 Å². The van der Waals surface area contributed by atoms with E-state index in [2.05, 4.69) is 10.3 Å². The lowest BCUT2D eigenvalue weighted by Gasteiger charge is -2.16. The zero-order valence-electron chi connectivity index (χ0n) is 11.9. The van der Waals surface area contributed by atoms with Crippen LogP contribution in [0.25, 0.3) is 5.69 Å². The Morgan fingerprint density at radius 3 is 2.71 bits per heavy atom. The second-order valence-corrected chi connectivity index (χ2v) is 4.89. The van der Waals surface area contributed by atoms with E-state index in [1.807, 2.05) is 0 Å². The molecule has 2 aromatic rings. The Kier molecular flexibility index (Phi) is 4.64. The number of aliphatic hydroxyl groups is 1. The number of rotatable bonds is 5. The van der Waals surface area contributed by atoms with Gasteiger partial charge in [0.05, 0.1) is 18.0 Å². The zero-order chi connectivity index (χ0) is 15.4. The first-order chi connectivity index (χ1) is 9.97. The van der Waals surface area contributed by atoms with Gasteiger partial charge in [0.15, 0.2) is 5.69 Å². The Bertz CT molecular complexity index is 610. The molecule has 1 aromatic heterocycles. The lowest BCUT2D eigenvalue weighted by atomic mass is 10.2. The number of hydrogen-bond acceptors (Lipinski definition) is 4. The molecule has 0 aliphatic rings. The topological polar surface area (TPSA) is 71.2 Å². The largest absolute Gasteiger partial charge is 0.393 e. The summed E-state index contributed by atoms with van der Waals surface area (Å²) in [6.07, 6.45) is 1.53. The molecule has 1 heterocycles. The quantitative estimate of drug-likeness (QED) is 0.900. The van der Waals surface area contributed by atoms with Gasteiger partial charge >= 0.3 is 0 Å². The molecule has 7 heteroatoms. The third-order valence-corrected chi connectivity index (χ3v) is 3.03. The lowest BCUT2D eigenvalue weighted by Crippen LogP contribution is -2.29. The van der Waals surface area contributed by atoms with E-state index in [-0.39, 0.29) is 17.4 Å². The third kappa shape index (κ3) is 3.85. The molecule has 0 radical (unpaired) electrons. The van der Waals surface area contributed by atoms with E-state index < -0.39 is 6.10 Å². The summed E-state index contributed by atoms with van der Waals surface area (Å²) in [5.41, 5.74) is 0.821. The van der Waals surface area contributed by atoms with Crippen LogP contribution in [-0.2, 0) is 0 Å². The van der Waals surface area contributed by atoms with Crippen molar-refractivity contribution in [2.45, 2.75) is 19.4 Å². The van der Waals surface area contributed by atoms with Crippen molar-refractivity contribution >= 4 is 5.91 Å². The number of nitrogens with zero attached hydrogens (tertiary/aromatic N) is 4. The van der Waals surface area contributed by atoms with Crippen LogP contribution in [0.1, 0.15) is 23.8 Å². The Hall–Kier alpha value is -2.28. The standard InChI is InChI=1S/C14H17FN4O2/c1-10(20)7-8-18(2)14(21)13-9-19(17-16-13)12-5-3-11(15)4-6-12/h3-6,9-10,20H,7-8H2,1-2H3. The highest BCUT2D eigenvalue weighted by atomic mass is 19.1. The molecular weight excluding hydrogens is 275 g/mol. The Morgan fingerprint density at radius 1 is 1.43 bits per heavy atom. The molecule has 1 atom stereocenters. The molecule has 21 heavy (non-hydrogen) atoms. The van der Waals surface area contributed by atoms with Gasteiger partial charge in [0, 0.05) is 13.6 Å². The molecular formula is C14H17FN4O2. The van der Waals surface area contributed by atoms with Crippen LogP contribution in [0.4, 0.5) is 4.39 Å². The molecule has 1 unspecified atom stereocenters. The van der Waals surface area contributed by atoms with Crippen LogP contribution in [-0.4, -0.2) is 50.6 Å². The van der Waals surface area contributed by atoms with Crippen molar-refractivity contribution in [2.75, 3.05) is 13.6 Å². The van der Waals surface area contributed by atoms with Crippen LogP contribution < -0.4 is 0 Å². The Morgan fingerprint density at radius 2 is 2.10 bits per heavy atom. The summed E-state index contributed by atoms with van der Waals surface area (Å²) in [6, 6.07) is 5.73. The van der Waals surface area contributed by atoms with E-state index in [4.69, 9.17) is 0 Å². The van der Waals surface area contributed by atoms with Crippen LogP contribution in [0, 0.1) is 5.82 Å². The first-order valence-electron chi connectivity index (χ1n) is 6.59. The van der Waals surface area contributed by atoms with Crippen LogP contribution in [0.3, 0.4) is 0 Å². The van der Waals surface area contributed by atoms with Crippen LogP contribution >= 0.6 is 0 Å². The second kappa shape index (κ2) is 6.45. The molecule has 112 valence electrons. The number of benzene rings is 1. The molecule has 0 aliphatic heterocycles. The summed E-state index contributed by atoms with van der Waals surface area (Å²) < 4.78 is 14.3. The van der Waals surface area contributed by atoms with Crippen LogP contribution in [0.5, 0.6) is 0 Å². The smallest absolute Gasteiger partial charge is 0.275 e. The van der Waals surface area contributed by atoms with Crippen molar-refractivity contribution in [1.82, 2.24) is 19.9 Å². The average molecular weight is 292 g/mol. The maximum Gasteiger partial charge on any atom is 0.275 e. The number of amides is 1. The maximum atomic E-state index is 12.9. The second-order valence-electron chi connectivity index (χ2n) is 4.89. The lowest BCUT2D eigenvalue weighted by molar-refractivity contribution is 0.0763. The van der Waals surface area contributed by atoms with Gasteiger partial charge in [-0.1, -0.05) is 5.21 Å². The van der Waals surface area contributed by atoms with Gasteiger partial charge in [0.25, 0.3) is 5.91 Å². The van der Waals surface area contributed by atoms with Crippen molar-refractivity contribution < 1.29 is 14.3 Å². The molecule has 1 N–H and O–H groups in total. The summed E-state index contributed by atoms with van der Waals surface area (Å²) in [6.45, 7) is 2.10. The first kappa shape index (κ1) is 15.1. The number of carbonyl (C=O) groups excluding carboxylic acids is 1. The summed E-state index contributed by atoms with van der Waals surface area (Å²) in [7, 11) is 1.64. The van der Waals surface area contributed by atoms with Gasteiger partial charge in [0.1, 0.15) is 5.82 Å². The number of halogens is 1. The monoisotopic (exact) mass is 292 g/mol. The van der Waals surface area contributed by atoms with E-state index in [1.54, 1.807) is 26.1 Å². The molecule has 1 amide bonds. The Balaban J connectivity index is 2.08. The SMILES string of the molecule is CC(O)CCN(C)C(=O)c1cn(-c2ccc(F)cc2)nn1. The van der Waals surface area contributed by atoms with E-state index in [0.717, 1.165) is 0 Å². The van der Waals surface area contributed by atoms with Gasteiger partial charge in [-0.25, -0.2) is 9.07 Å². The zero-order valence-corrected chi connectivity index (χ0v) is 11.9. The molecule has 0 saturated carbocycles. The minimum absolute atomic E-state index is 0.201. The molecule has 0 fully saturated rings. The van der Waals surface area contributed by atoms with Crippen LogP contribution in [0.15, 0.2) is 30.5 Å². The summed E-state index contributed by atoms with van der Waals surface area (Å²) in [5.74, 6) is -0.614. The van der Waals surface area contributed by atoms with Gasteiger partial charge < -0.3 is 10.0 Å². The normalized spacial score (nSPS) is 12.2. The predicted octanol–water partition coefficient (Wildman–Crippen LogP) is 1.25. The van der Waals surface area contributed by atoms with E-state index in [1.165, 1.54) is 27.9 Å². The molecule has 0 aliphatic carbocycles. The number of hydrogen-bond donors (Lipinski definition) is 1. The van der Waals surface area contributed by atoms with Crippen molar-refractivity contribution in [3.8, 4) is 5.69 Å². The van der Waals surface area contributed by atoms with E-state index in [0.29, 0.717) is 18.7 Å². The highest BCUT2D eigenvalue weighted by Gasteiger charge is 2.16. The first-order valence-corrected chi connectivity index (χ1v) is 6.59. The maximum absolute atomic E-state index is 12.9. The van der Waals surface area contributed by atoms with Crippen molar-refractivity contribution in [3.63, 3.8) is 0 Å². The minimum Gasteiger partial charge on any atom is -0.393 e. The highest BCUT2D eigenvalue weighted by molar-refractivity contribution is 5.91. The average Bonchev–Trinajstić information content (AvgIpc) is 2.94. The van der Waals surface area contributed by atoms with Gasteiger partial charge in [-0.2, -0.15) is 0 Å². The van der Waals surface area contributed by atoms with E-state index in [9.17, 15) is 14.3 Å². The predicted molar refractivity (Wildman–Crippen MR) is 74.6 cm³/mol. The van der Waals surface area contributed by atoms with Crippen LogP contribution in [0.2, 0.25) is 0 Å². The fourth-order valence-electron chi connectivity index (χ4n) is 1.76. The summed E-state index contributed by atoms with van der Waals surface area (Å²) in [4.78, 5) is 13.6. The minimum atomic E-state index is -0.463. The molecule has 0 spiro atoms. The number of aromatic nitrogens is 3. The number of aliphatic hydroxyl groups excluding tert-OH is 1. The molecule has 0 bridgehead atoms. The number of carbonyl (C=O) groups is 1. The fraction of sp³-hybridized carbons (Fsp3) is 0.357. The fourth-order valence-corrected chi connectivity index (χ4v) is 1.76. The molecule has 0 saturated heterocycles. The molecule has 6 nitrogen and oxygen atoms in total. The summed E-state index contributed by atoms with van der Waals surface area (Å²) >= 11 is 0. The van der Waals surface area contributed by atoms with Crippen molar-refractivity contribution in [2.24, 2.45) is 0 Å². The third-order valence-electron chi connectivity index (χ3n) is 3.03. The molecule has 2 rings (SSSR count). The van der Waals surface area contributed by atoms with E-state index >= 15 is 0 Å². The van der Waals surface area contributed by atoms with Gasteiger partial charge in [-0.15, -0.1) is 5.10 Å². The summed E-state index contributed by atoms with van der Waals surface area (Å²) in [5, 5.41) is 16.9.